The first-order chi connectivity index (χ1) is 6.47. The molecule has 0 aliphatic heterocycles. The molecule has 4 heteroatoms. The average Bonchev–Trinajstić information content (AvgIpc) is 2.13. The molecule has 14 heavy (non-hydrogen) atoms. The lowest BCUT2D eigenvalue weighted by molar-refractivity contribution is 0.197. The second kappa shape index (κ2) is 5.85. The Balaban J connectivity index is 0.000000292. The fraction of sp³-hybridized carbons (Fsp3) is 0.300. The van der Waals surface area contributed by atoms with Crippen LogP contribution >= 0.6 is 0 Å². The van der Waals surface area contributed by atoms with E-state index in [1.165, 1.54) is 12.6 Å². The molecule has 0 fully saturated rings. The number of nitrogens with one attached hydrogen (secondary N) is 1. The van der Waals surface area contributed by atoms with E-state index in [2.05, 4.69) is 0 Å². The van der Waals surface area contributed by atoms with Gasteiger partial charge in [0.15, 0.2) is 0 Å². The van der Waals surface area contributed by atoms with Gasteiger partial charge < -0.3 is 15.5 Å². The molecule has 0 bridgehead atoms. The van der Waals surface area contributed by atoms with Crippen molar-refractivity contribution in [1.82, 2.24) is 5.32 Å². The van der Waals surface area contributed by atoms with Crippen molar-refractivity contribution in [3.05, 3.63) is 29.3 Å². The first kappa shape index (κ1) is 12.3. The van der Waals surface area contributed by atoms with Crippen LogP contribution < -0.4 is 5.32 Å². The second-order valence-electron chi connectivity index (χ2n) is 2.82. The number of aromatic hydroxyl groups is 1. The molecule has 0 spiro atoms. The van der Waals surface area contributed by atoms with Gasteiger partial charge in [-0.25, -0.2) is 4.79 Å². The molecule has 0 saturated carbocycles. The van der Waals surface area contributed by atoms with E-state index in [1.54, 1.807) is 12.1 Å². The van der Waals surface area contributed by atoms with E-state index in [1.807, 2.05) is 25.2 Å². The van der Waals surface area contributed by atoms with Crippen molar-refractivity contribution in [2.24, 2.45) is 0 Å². The SMILES string of the molecule is CNC(=O)O.Cc1ccc(O)cc1C. The quantitative estimate of drug-likeness (QED) is 0.594. The van der Waals surface area contributed by atoms with E-state index in [9.17, 15) is 4.79 Å². The number of phenolic OH excluding ortho intramolecular Hbond substituents is 1. The van der Waals surface area contributed by atoms with Crippen LogP contribution in [0.3, 0.4) is 0 Å². The Bertz CT molecular complexity index is 310. The van der Waals surface area contributed by atoms with Gasteiger partial charge in [0.1, 0.15) is 5.75 Å². The Morgan fingerprint density at radius 2 is 1.79 bits per heavy atom. The molecule has 0 aliphatic rings. The number of benzene rings is 1. The van der Waals surface area contributed by atoms with E-state index in [4.69, 9.17) is 10.2 Å². The molecule has 3 N–H and O–H groups in total. The molecule has 0 radical (unpaired) electrons. The zero-order valence-electron chi connectivity index (χ0n) is 8.53. The van der Waals surface area contributed by atoms with Crippen LogP contribution in [0, 0.1) is 13.8 Å². The lowest BCUT2D eigenvalue weighted by Crippen LogP contribution is -2.13. The molecule has 1 aromatic carbocycles. The van der Waals surface area contributed by atoms with Crippen molar-refractivity contribution in [2.45, 2.75) is 13.8 Å². The molecular formula is C10H15NO3. The van der Waals surface area contributed by atoms with Crippen LogP contribution in [0.25, 0.3) is 0 Å². The predicted molar refractivity (Wildman–Crippen MR) is 54.7 cm³/mol. The molecule has 0 atom stereocenters. The minimum atomic E-state index is -0.995. The van der Waals surface area contributed by atoms with E-state index in [0.29, 0.717) is 5.75 Å². The number of carboxylic acid groups (broad SMARTS) is 1. The summed E-state index contributed by atoms with van der Waals surface area (Å²) in [7, 11) is 1.35. The standard InChI is InChI=1S/C8H10O.C2H5NO2/c1-6-3-4-8(9)5-7(6)2;1-3-2(4)5/h3-5,9H,1-2H3;3H,1H3,(H,4,5). The molecule has 0 unspecified atom stereocenters. The van der Waals surface area contributed by atoms with Crippen LogP contribution in [0.2, 0.25) is 0 Å². The van der Waals surface area contributed by atoms with Gasteiger partial charge in [-0.05, 0) is 37.1 Å². The largest absolute Gasteiger partial charge is 0.508 e. The molecule has 0 heterocycles. The molecule has 4 nitrogen and oxygen atoms in total. The third-order valence-corrected chi connectivity index (χ3v) is 1.70. The van der Waals surface area contributed by atoms with Crippen molar-refractivity contribution >= 4 is 6.09 Å². The summed E-state index contributed by atoms with van der Waals surface area (Å²) in [4.78, 5) is 9.26. The van der Waals surface area contributed by atoms with E-state index >= 15 is 0 Å². The fourth-order valence-corrected chi connectivity index (χ4v) is 0.726. The lowest BCUT2D eigenvalue weighted by atomic mass is 10.1. The first-order valence-electron chi connectivity index (χ1n) is 4.14. The number of hydrogen-bond donors (Lipinski definition) is 3. The summed E-state index contributed by atoms with van der Waals surface area (Å²) < 4.78 is 0. The summed E-state index contributed by atoms with van der Waals surface area (Å²) >= 11 is 0. The summed E-state index contributed by atoms with van der Waals surface area (Å²) in [6, 6.07) is 5.36. The van der Waals surface area contributed by atoms with Gasteiger partial charge in [0.25, 0.3) is 0 Å². The van der Waals surface area contributed by atoms with Crippen LogP contribution in [0.4, 0.5) is 4.79 Å². The highest BCUT2D eigenvalue weighted by Gasteiger charge is 1.90. The molecule has 0 aromatic heterocycles. The van der Waals surface area contributed by atoms with Crippen LogP contribution in [-0.4, -0.2) is 23.4 Å². The molecule has 1 rings (SSSR count). The number of rotatable bonds is 0. The Hall–Kier alpha value is -1.71. The third-order valence-electron chi connectivity index (χ3n) is 1.70. The van der Waals surface area contributed by atoms with Crippen LogP contribution in [0.15, 0.2) is 18.2 Å². The third kappa shape index (κ3) is 5.03. The van der Waals surface area contributed by atoms with E-state index in [-0.39, 0.29) is 0 Å². The molecule has 78 valence electrons. The van der Waals surface area contributed by atoms with Gasteiger partial charge in [0.05, 0.1) is 0 Å². The number of carbonyl (C=O) groups is 1. The zero-order valence-corrected chi connectivity index (χ0v) is 8.53. The fourth-order valence-electron chi connectivity index (χ4n) is 0.726. The normalized spacial score (nSPS) is 8.50. The highest BCUT2D eigenvalue weighted by Crippen LogP contribution is 2.13. The van der Waals surface area contributed by atoms with Crippen molar-refractivity contribution in [2.75, 3.05) is 7.05 Å². The Kier molecular flexibility index (Phi) is 5.14. The van der Waals surface area contributed by atoms with Gasteiger partial charge in [-0.15, -0.1) is 0 Å². The zero-order chi connectivity index (χ0) is 11.1. The summed E-state index contributed by atoms with van der Waals surface area (Å²) in [5.41, 5.74) is 2.35. The van der Waals surface area contributed by atoms with Gasteiger partial charge >= 0.3 is 6.09 Å². The molecular weight excluding hydrogens is 182 g/mol. The Morgan fingerprint density at radius 1 is 1.29 bits per heavy atom. The maximum Gasteiger partial charge on any atom is 0.404 e. The highest BCUT2D eigenvalue weighted by molar-refractivity contribution is 5.63. The second-order valence-corrected chi connectivity index (χ2v) is 2.82. The summed E-state index contributed by atoms with van der Waals surface area (Å²) in [6.45, 7) is 4.00. The molecule has 0 aliphatic carbocycles. The van der Waals surface area contributed by atoms with Crippen molar-refractivity contribution in [1.29, 1.82) is 0 Å². The minimum absolute atomic E-state index is 0.345. The van der Waals surface area contributed by atoms with Gasteiger partial charge in [0, 0.05) is 7.05 Å². The molecule has 1 amide bonds. The van der Waals surface area contributed by atoms with E-state index < -0.39 is 6.09 Å². The van der Waals surface area contributed by atoms with E-state index in [0.717, 1.165) is 5.56 Å². The van der Waals surface area contributed by atoms with Gasteiger partial charge in [0.2, 0.25) is 0 Å². The molecule has 1 aromatic rings. The summed E-state index contributed by atoms with van der Waals surface area (Å²) in [6.07, 6.45) is -0.995. The number of hydrogen-bond acceptors (Lipinski definition) is 2. The number of phenols is 1. The topological polar surface area (TPSA) is 69.6 Å². The summed E-state index contributed by atoms with van der Waals surface area (Å²) in [5, 5.41) is 18.5. The first-order valence-corrected chi connectivity index (χ1v) is 4.14. The molecule has 0 saturated heterocycles. The summed E-state index contributed by atoms with van der Waals surface area (Å²) in [5.74, 6) is 0.345. The van der Waals surface area contributed by atoms with Crippen LogP contribution in [0.5, 0.6) is 5.75 Å². The average molecular weight is 197 g/mol. The van der Waals surface area contributed by atoms with Gasteiger partial charge in [-0.2, -0.15) is 0 Å². The smallest absolute Gasteiger partial charge is 0.404 e. The Labute approximate surface area is 83.2 Å². The van der Waals surface area contributed by atoms with Gasteiger partial charge in [-0.3, -0.25) is 0 Å². The monoisotopic (exact) mass is 197 g/mol. The predicted octanol–water partition coefficient (Wildman–Crippen LogP) is 1.89. The minimum Gasteiger partial charge on any atom is -0.508 e. The van der Waals surface area contributed by atoms with Crippen molar-refractivity contribution in [3.8, 4) is 5.75 Å². The highest BCUT2D eigenvalue weighted by atomic mass is 16.4. The van der Waals surface area contributed by atoms with Crippen molar-refractivity contribution in [3.63, 3.8) is 0 Å². The van der Waals surface area contributed by atoms with Crippen molar-refractivity contribution < 1.29 is 15.0 Å². The van der Waals surface area contributed by atoms with Crippen LogP contribution in [0.1, 0.15) is 11.1 Å². The lowest BCUT2D eigenvalue weighted by Gasteiger charge is -1.97. The maximum atomic E-state index is 9.26. The van der Waals surface area contributed by atoms with Crippen LogP contribution in [-0.2, 0) is 0 Å². The Morgan fingerprint density at radius 3 is 2.07 bits per heavy atom. The van der Waals surface area contributed by atoms with Gasteiger partial charge in [-0.1, -0.05) is 6.07 Å². The maximum absolute atomic E-state index is 9.26. The number of aryl methyl sites for hydroxylation is 2. The number of amides is 1.